The summed E-state index contributed by atoms with van der Waals surface area (Å²) in [4.78, 5) is 12.2. The summed E-state index contributed by atoms with van der Waals surface area (Å²) in [7, 11) is 0. The van der Waals surface area contributed by atoms with E-state index in [9.17, 15) is 4.79 Å². The molecule has 1 aromatic carbocycles. The number of esters is 1. The van der Waals surface area contributed by atoms with Crippen LogP contribution in [0.4, 0.5) is 0 Å². The molecule has 0 aliphatic carbocycles. The van der Waals surface area contributed by atoms with Crippen LogP contribution in [-0.4, -0.2) is 12.1 Å². The van der Waals surface area contributed by atoms with Crippen molar-refractivity contribution in [1.82, 2.24) is 0 Å². The molecule has 1 aromatic rings. The maximum absolute atomic E-state index is 12.2. The zero-order valence-corrected chi connectivity index (χ0v) is 27.5. The first-order valence-corrected chi connectivity index (χ1v) is 18.2. The van der Waals surface area contributed by atoms with E-state index in [0.29, 0.717) is 0 Å². The van der Waals surface area contributed by atoms with Crippen LogP contribution >= 0.6 is 0 Å². The van der Waals surface area contributed by atoms with E-state index in [1.54, 1.807) is 6.08 Å². The number of unbranched alkanes of at least 4 members (excludes halogenated alkanes) is 23. The van der Waals surface area contributed by atoms with Crippen molar-refractivity contribution in [2.24, 2.45) is 0 Å². The number of rotatable bonds is 30. The van der Waals surface area contributed by atoms with Gasteiger partial charge in [-0.15, -0.1) is 0 Å². The summed E-state index contributed by atoms with van der Waals surface area (Å²) in [5.74, 6) is -0.211. The zero-order chi connectivity index (χ0) is 29.5. The Bertz CT molecular complexity index is 695. The van der Waals surface area contributed by atoms with Gasteiger partial charge in [-0.1, -0.05) is 198 Å². The molecule has 0 heterocycles. The summed E-state index contributed by atoms with van der Waals surface area (Å²) in [6.45, 7) is 4.47. The summed E-state index contributed by atoms with van der Waals surface area (Å²) in [5.41, 5.74) is 1.03. The standard InChI is InChI=1S/C39H68O2/c1-3-5-6-7-8-9-10-11-12-13-14-15-16-17-18-19-20-21-22-23-24-25-26-30-34-38(31-4-2)41-39(40)36-35-37-32-28-27-29-33-37/h27-29,32-33,35-36,38H,3-26,30-31,34H2,1-2H3. The quantitative estimate of drug-likeness (QED) is 0.0524. The van der Waals surface area contributed by atoms with Crippen LogP contribution < -0.4 is 0 Å². The Balaban J connectivity index is 1.82. The van der Waals surface area contributed by atoms with Gasteiger partial charge in [0.2, 0.25) is 0 Å². The molecule has 1 unspecified atom stereocenters. The highest BCUT2D eigenvalue weighted by atomic mass is 16.5. The third-order valence-electron chi connectivity index (χ3n) is 8.48. The average molecular weight is 569 g/mol. The molecule has 0 saturated carbocycles. The van der Waals surface area contributed by atoms with Crippen LogP contribution in [0.5, 0.6) is 0 Å². The molecular weight excluding hydrogens is 500 g/mol. The lowest BCUT2D eigenvalue weighted by atomic mass is 10.0. The van der Waals surface area contributed by atoms with Gasteiger partial charge in [0.05, 0.1) is 0 Å². The molecular formula is C39H68O2. The van der Waals surface area contributed by atoms with E-state index in [1.807, 2.05) is 36.4 Å². The molecule has 0 saturated heterocycles. The fraction of sp³-hybridized carbons (Fsp3) is 0.769. The first-order chi connectivity index (χ1) is 20.3. The van der Waals surface area contributed by atoms with E-state index in [2.05, 4.69) is 13.8 Å². The molecule has 0 aromatic heterocycles. The number of ether oxygens (including phenoxy) is 1. The molecule has 41 heavy (non-hydrogen) atoms. The molecule has 0 aliphatic heterocycles. The summed E-state index contributed by atoms with van der Waals surface area (Å²) < 4.78 is 5.74. The van der Waals surface area contributed by atoms with Crippen LogP contribution in [0.2, 0.25) is 0 Å². The highest BCUT2D eigenvalue weighted by Crippen LogP contribution is 2.17. The number of hydrogen-bond donors (Lipinski definition) is 0. The van der Waals surface area contributed by atoms with Crippen molar-refractivity contribution >= 4 is 12.0 Å². The molecule has 0 fully saturated rings. The van der Waals surface area contributed by atoms with Crippen molar-refractivity contribution < 1.29 is 9.53 Å². The van der Waals surface area contributed by atoms with Gasteiger partial charge in [-0.3, -0.25) is 0 Å². The highest BCUT2D eigenvalue weighted by molar-refractivity contribution is 5.87. The van der Waals surface area contributed by atoms with Gasteiger partial charge in [0.25, 0.3) is 0 Å². The topological polar surface area (TPSA) is 26.3 Å². The lowest BCUT2D eigenvalue weighted by Gasteiger charge is -2.16. The van der Waals surface area contributed by atoms with Gasteiger partial charge in [0.1, 0.15) is 6.10 Å². The van der Waals surface area contributed by atoms with Gasteiger partial charge in [0, 0.05) is 6.08 Å². The molecule has 0 radical (unpaired) electrons. The summed E-state index contributed by atoms with van der Waals surface area (Å²) in [6, 6.07) is 9.93. The maximum atomic E-state index is 12.2. The molecule has 0 spiro atoms. The Labute approximate surface area is 256 Å². The Morgan fingerprint density at radius 2 is 0.927 bits per heavy atom. The number of carbonyl (C=O) groups is 1. The molecule has 1 rings (SSSR count). The van der Waals surface area contributed by atoms with E-state index < -0.39 is 0 Å². The van der Waals surface area contributed by atoms with Crippen LogP contribution in [0.3, 0.4) is 0 Å². The predicted molar refractivity (Wildman–Crippen MR) is 181 cm³/mol. The lowest BCUT2D eigenvalue weighted by molar-refractivity contribution is -0.143. The Morgan fingerprint density at radius 1 is 0.537 bits per heavy atom. The first-order valence-electron chi connectivity index (χ1n) is 18.2. The molecule has 1 atom stereocenters. The molecule has 236 valence electrons. The van der Waals surface area contributed by atoms with E-state index in [1.165, 1.54) is 154 Å². The van der Waals surface area contributed by atoms with Gasteiger partial charge in [-0.05, 0) is 30.9 Å². The monoisotopic (exact) mass is 569 g/mol. The van der Waals surface area contributed by atoms with Crippen LogP contribution in [0, 0.1) is 0 Å². The summed E-state index contributed by atoms with van der Waals surface area (Å²) in [5, 5.41) is 0. The number of hydrogen-bond acceptors (Lipinski definition) is 2. The first kappa shape index (κ1) is 37.5. The normalized spacial score (nSPS) is 12.2. The maximum Gasteiger partial charge on any atom is 0.331 e. The van der Waals surface area contributed by atoms with Crippen molar-refractivity contribution in [2.45, 2.75) is 193 Å². The molecule has 0 bridgehead atoms. The third-order valence-corrected chi connectivity index (χ3v) is 8.48. The van der Waals surface area contributed by atoms with E-state index in [0.717, 1.165) is 24.8 Å². The fourth-order valence-corrected chi connectivity index (χ4v) is 5.85. The van der Waals surface area contributed by atoms with Gasteiger partial charge in [-0.25, -0.2) is 4.79 Å². The van der Waals surface area contributed by atoms with Gasteiger partial charge < -0.3 is 4.74 Å². The molecule has 0 N–H and O–H groups in total. The predicted octanol–water partition coefficient (Wildman–Crippen LogP) is 13.2. The van der Waals surface area contributed by atoms with E-state index in [-0.39, 0.29) is 12.1 Å². The van der Waals surface area contributed by atoms with Crippen molar-refractivity contribution in [3.8, 4) is 0 Å². The van der Waals surface area contributed by atoms with Crippen molar-refractivity contribution in [3.63, 3.8) is 0 Å². The summed E-state index contributed by atoms with van der Waals surface area (Å²) >= 11 is 0. The minimum absolute atomic E-state index is 0.0626. The lowest BCUT2D eigenvalue weighted by Crippen LogP contribution is -2.16. The SMILES string of the molecule is CCCCCCCCCCCCCCCCCCCCCCCCCCC(CCC)OC(=O)C=Cc1ccccc1. The van der Waals surface area contributed by atoms with E-state index >= 15 is 0 Å². The second-order valence-electron chi connectivity index (χ2n) is 12.5. The fourth-order valence-electron chi connectivity index (χ4n) is 5.85. The number of carbonyl (C=O) groups excluding carboxylic acids is 1. The highest BCUT2D eigenvalue weighted by Gasteiger charge is 2.11. The summed E-state index contributed by atoms with van der Waals surface area (Å²) in [6.07, 6.45) is 40.5. The Hall–Kier alpha value is -1.57. The van der Waals surface area contributed by atoms with Gasteiger partial charge in [0.15, 0.2) is 0 Å². The molecule has 0 amide bonds. The second-order valence-corrected chi connectivity index (χ2v) is 12.5. The second kappa shape index (κ2) is 29.9. The number of benzene rings is 1. The van der Waals surface area contributed by atoms with Crippen molar-refractivity contribution in [3.05, 3.63) is 42.0 Å². The van der Waals surface area contributed by atoms with Crippen LogP contribution in [-0.2, 0) is 9.53 Å². The zero-order valence-electron chi connectivity index (χ0n) is 27.5. The van der Waals surface area contributed by atoms with Crippen LogP contribution in [0.15, 0.2) is 36.4 Å². The average Bonchev–Trinajstić information content (AvgIpc) is 2.99. The van der Waals surface area contributed by atoms with Crippen molar-refractivity contribution in [1.29, 1.82) is 0 Å². The molecule has 2 heteroatoms. The largest absolute Gasteiger partial charge is 0.459 e. The minimum atomic E-state index is -0.211. The Kier molecular flexibility index (Phi) is 27.3. The van der Waals surface area contributed by atoms with Crippen LogP contribution in [0.25, 0.3) is 6.08 Å². The van der Waals surface area contributed by atoms with Gasteiger partial charge >= 0.3 is 5.97 Å². The smallest absolute Gasteiger partial charge is 0.331 e. The van der Waals surface area contributed by atoms with Gasteiger partial charge in [-0.2, -0.15) is 0 Å². The molecule has 2 nitrogen and oxygen atoms in total. The van der Waals surface area contributed by atoms with Crippen molar-refractivity contribution in [2.75, 3.05) is 0 Å². The van der Waals surface area contributed by atoms with E-state index in [4.69, 9.17) is 4.74 Å². The molecule has 0 aliphatic rings. The van der Waals surface area contributed by atoms with Crippen LogP contribution in [0.1, 0.15) is 193 Å². The minimum Gasteiger partial charge on any atom is -0.459 e. The Morgan fingerprint density at radius 3 is 1.32 bits per heavy atom. The third kappa shape index (κ3) is 25.8.